The minimum absolute atomic E-state index is 0.715. The highest BCUT2D eigenvalue weighted by molar-refractivity contribution is 5.79. The van der Waals surface area contributed by atoms with Crippen molar-refractivity contribution < 1.29 is 4.74 Å². The first-order valence-corrected chi connectivity index (χ1v) is 8.66. The Bertz CT molecular complexity index is 816. The smallest absolute Gasteiger partial charge is 0.119 e. The third-order valence-corrected chi connectivity index (χ3v) is 5.15. The number of aryl methyl sites for hydroxylation is 1. The van der Waals surface area contributed by atoms with Crippen LogP contribution in [0.25, 0.3) is 11.3 Å². The van der Waals surface area contributed by atoms with Crippen molar-refractivity contribution in [3.05, 3.63) is 41.1 Å². The normalized spacial score (nSPS) is 16.1. The molecule has 0 spiro atoms. The fourth-order valence-corrected chi connectivity index (χ4v) is 3.97. The second kappa shape index (κ2) is 6.16. The average molecular weight is 319 g/mol. The molecule has 0 radical (unpaired) electrons. The number of pyridine rings is 1. The van der Waals surface area contributed by atoms with Crippen LogP contribution in [0.4, 0.5) is 5.69 Å². The molecule has 0 saturated carbocycles. The molecule has 0 N–H and O–H groups in total. The first-order chi connectivity index (χ1) is 11.8. The van der Waals surface area contributed by atoms with Crippen molar-refractivity contribution in [2.75, 3.05) is 25.1 Å². The highest BCUT2D eigenvalue weighted by atomic mass is 16.5. The van der Waals surface area contributed by atoms with Crippen LogP contribution >= 0.6 is 0 Å². The van der Waals surface area contributed by atoms with Crippen molar-refractivity contribution >= 4 is 5.69 Å². The van der Waals surface area contributed by atoms with Gasteiger partial charge in [-0.15, -0.1) is 0 Å². The molecule has 2 aliphatic rings. The van der Waals surface area contributed by atoms with Crippen LogP contribution in [0.1, 0.15) is 36.0 Å². The summed E-state index contributed by atoms with van der Waals surface area (Å²) in [6.45, 7) is 2.08. The molecule has 4 nitrogen and oxygen atoms in total. The number of hydrogen-bond acceptors (Lipinski definition) is 4. The number of methoxy groups -OCH3 is 1. The summed E-state index contributed by atoms with van der Waals surface area (Å²) in [4.78, 5) is 7.05. The topological polar surface area (TPSA) is 49.1 Å². The average Bonchev–Trinajstić information content (AvgIpc) is 2.66. The van der Waals surface area contributed by atoms with Crippen LogP contribution in [0.3, 0.4) is 0 Å². The Balaban J connectivity index is 1.86. The van der Waals surface area contributed by atoms with E-state index >= 15 is 0 Å². The molecule has 0 amide bonds. The Hall–Kier alpha value is -2.54. The number of ether oxygens (including phenoxy) is 1. The zero-order chi connectivity index (χ0) is 16.5. The number of nitriles is 1. The summed E-state index contributed by atoms with van der Waals surface area (Å²) in [7, 11) is 1.70. The molecular weight excluding hydrogens is 298 g/mol. The monoisotopic (exact) mass is 319 g/mol. The van der Waals surface area contributed by atoms with Crippen molar-refractivity contribution in [1.29, 1.82) is 5.26 Å². The minimum Gasteiger partial charge on any atom is -0.497 e. The predicted molar refractivity (Wildman–Crippen MR) is 94.4 cm³/mol. The van der Waals surface area contributed by atoms with Gasteiger partial charge in [-0.05, 0) is 55.9 Å². The zero-order valence-corrected chi connectivity index (χ0v) is 14.0. The van der Waals surface area contributed by atoms with E-state index in [2.05, 4.69) is 28.1 Å². The lowest BCUT2D eigenvalue weighted by atomic mass is 9.86. The maximum atomic E-state index is 9.58. The van der Waals surface area contributed by atoms with E-state index in [9.17, 15) is 5.26 Å². The third kappa shape index (κ3) is 2.41. The summed E-state index contributed by atoms with van der Waals surface area (Å²) >= 11 is 0. The molecule has 2 aromatic rings. The highest BCUT2D eigenvalue weighted by Crippen LogP contribution is 2.40. The predicted octanol–water partition coefficient (Wildman–Crippen LogP) is 3.72. The molecule has 4 rings (SSSR count). The molecular formula is C20H21N3O. The van der Waals surface area contributed by atoms with Crippen molar-refractivity contribution in [1.82, 2.24) is 4.98 Å². The van der Waals surface area contributed by atoms with Gasteiger partial charge >= 0.3 is 0 Å². The van der Waals surface area contributed by atoms with Crippen LogP contribution in [0.5, 0.6) is 5.75 Å². The van der Waals surface area contributed by atoms with Gasteiger partial charge in [-0.25, -0.2) is 0 Å². The molecule has 1 aromatic carbocycles. The number of hydrogen-bond donors (Lipinski definition) is 0. The van der Waals surface area contributed by atoms with Crippen LogP contribution < -0.4 is 9.64 Å². The van der Waals surface area contributed by atoms with Gasteiger partial charge in [0, 0.05) is 30.4 Å². The fraction of sp³-hybridized carbons (Fsp3) is 0.400. The Morgan fingerprint density at radius 2 is 2.00 bits per heavy atom. The molecule has 122 valence electrons. The van der Waals surface area contributed by atoms with E-state index in [1.807, 2.05) is 6.07 Å². The molecule has 2 heterocycles. The lowest BCUT2D eigenvalue weighted by molar-refractivity contribution is 0.414. The number of benzene rings is 1. The highest BCUT2D eigenvalue weighted by Gasteiger charge is 2.26. The Labute approximate surface area is 142 Å². The summed E-state index contributed by atoms with van der Waals surface area (Å²) in [6.07, 6.45) is 7.35. The van der Waals surface area contributed by atoms with E-state index in [0.717, 1.165) is 43.1 Å². The Morgan fingerprint density at radius 3 is 2.75 bits per heavy atom. The van der Waals surface area contributed by atoms with Gasteiger partial charge in [-0.2, -0.15) is 5.26 Å². The zero-order valence-electron chi connectivity index (χ0n) is 14.0. The molecule has 1 aliphatic carbocycles. The third-order valence-electron chi connectivity index (χ3n) is 5.15. The van der Waals surface area contributed by atoms with Gasteiger partial charge in [-0.1, -0.05) is 0 Å². The van der Waals surface area contributed by atoms with Crippen molar-refractivity contribution in [3.63, 3.8) is 0 Å². The van der Waals surface area contributed by atoms with Crippen molar-refractivity contribution in [3.8, 4) is 23.1 Å². The summed E-state index contributed by atoms with van der Waals surface area (Å²) in [5.41, 5.74) is 6.59. The maximum absolute atomic E-state index is 9.58. The fourth-order valence-electron chi connectivity index (χ4n) is 3.97. The van der Waals surface area contributed by atoms with E-state index in [1.165, 1.54) is 36.0 Å². The van der Waals surface area contributed by atoms with E-state index < -0.39 is 0 Å². The number of fused-ring (bicyclic) bond motifs is 3. The van der Waals surface area contributed by atoms with Gasteiger partial charge in [-0.3, -0.25) is 4.98 Å². The molecule has 4 heteroatoms. The molecule has 24 heavy (non-hydrogen) atoms. The van der Waals surface area contributed by atoms with E-state index in [4.69, 9.17) is 4.74 Å². The number of piperidine rings is 1. The summed E-state index contributed by atoms with van der Waals surface area (Å²) in [5, 5.41) is 9.58. The quantitative estimate of drug-likeness (QED) is 0.846. The number of aromatic nitrogens is 1. The van der Waals surface area contributed by atoms with Crippen LogP contribution in [-0.4, -0.2) is 25.2 Å². The lowest BCUT2D eigenvalue weighted by Crippen LogP contribution is -2.31. The second-order valence-corrected chi connectivity index (χ2v) is 6.53. The van der Waals surface area contributed by atoms with Gasteiger partial charge in [0.2, 0.25) is 0 Å². The minimum atomic E-state index is 0.715. The maximum Gasteiger partial charge on any atom is 0.119 e. The molecule has 1 aromatic heterocycles. The first kappa shape index (κ1) is 15.0. The molecule has 1 saturated heterocycles. The largest absolute Gasteiger partial charge is 0.497 e. The molecule has 0 atom stereocenters. The van der Waals surface area contributed by atoms with E-state index in [0.29, 0.717) is 5.56 Å². The van der Waals surface area contributed by atoms with Crippen LogP contribution in [0.2, 0.25) is 0 Å². The Morgan fingerprint density at radius 1 is 1.17 bits per heavy atom. The molecule has 0 bridgehead atoms. The van der Waals surface area contributed by atoms with Crippen LogP contribution in [-0.2, 0) is 12.8 Å². The number of nitrogens with zero attached hydrogens (tertiary/aromatic N) is 3. The standard InChI is InChI=1S/C20H21N3O/c1-24-16-6-8-17-14(11-16)5-7-18-19(17)22-13-15(12-21)20(18)23-9-3-2-4-10-23/h6,8,11,13H,2-5,7,9-10H2,1H3. The first-order valence-electron chi connectivity index (χ1n) is 8.66. The summed E-state index contributed by atoms with van der Waals surface area (Å²) in [6, 6.07) is 8.57. The SMILES string of the molecule is COc1ccc2c(c1)CCc1c-2ncc(C#N)c1N1CCCCC1. The van der Waals surface area contributed by atoms with Crippen molar-refractivity contribution in [2.45, 2.75) is 32.1 Å². The van der Waals surface area contributed by atoms with Gasteiger partial charge in [0.25, 0.3) is 0 Å². The van der Waals surface area contributed by atoms with Crippen LogP contribution in [0.15, 0.2) is 24.4 Å². The Kier molecular flexibility index (Phi) is 3.86. The molecule has 1 fully saturated rings. The van der Waals surface area contributed by atoms with Gasteiger partial charge < -0.3 is 9.64 Å². The number of anilines is 1. The van der Waals surface area contributed by atoms with Gasteiger partial charge in [0.15, 0.2) is 0 Å². The number of rotatable bonds is 2. The van der Waals surface area contributed by atoms with Gasteiger partial charge in [0.1, 0.15) is 11.8 Å². The van der Waals surface area contributed by atoms with Crippen LogP contribution in [0, 0.1) is 11.3 Å². The second-order valence-electron chi connectivity index (χ2n) is 6.53. The molecule has 1 aliphatic heterocycles. The lowest BCUT2D eigenvalue weighted by Gasteiger charge is -2.33. The summed E-state index contributed by atoms with van der Waals surface area (Å²) in [5.74, 6) is 0.891. The molecule has 0 unspecified atom stereocenters. The van der Waals surface area contributed by atoms with Crippen molar-refractivity contribution in [2.24, 2.45) is 0 Å². The van der Waals surface area contributed by atoms with Gasteiger partial charge in [0.05, 0.1) is 24.1 Å². The summed E-state index contributed by atoms with van der Waals surface area (Å²) < 4.78 is 5.35. The van der Waals surface area contributed by atoms with E-state index in [-0.39, 0.29) is 0 Å². The van der Waals surface area contributed by atoms with E-state index in [1.54, 1.807) is 13.3 Å².